The molecule has 0 fully saturated rings. The summed E-state index contributed by atoms with van der Waals surface area (Å²) < 4.78 is 0. The number of carbonyl (C=O) groups excluding carboxylic acids is 1. The quantitative estimate of drug-likeness (QED) is 0.428. The van der Waals surface area contributed by atoms with Crippen LogP contribution >= 0.6 is 0 Å². The Labute approximate surface area is 82.1 Å². The van der Waals surface area contributed by atoms with Crippen molar-refractivity contribution in [1.82, 2.24) is 0 Å². The number of Topliss-reactive ketones (excluding diaryl/α,β-unsaturated/α-hetero) is 1. The van der Waals surface area contributed by atoms with E-state index in [0.29, 0.717) is 0 Å². The van der Waals surface area contributed by atoms with Gasteiger partial charge in [-0.05, 0) is 0 Å². The van der Waals surface area contributed by atoms with Crippen LogP contribution in [0.15, 0.2) is 0 Å². The van der Waals surface area contributed by atoms with Crippen molar-refractivity contribution in [2.45, 2.75) is 20.8 Å². The molecule has 0 radical (unpaired) electrons. The average molecular weight is 154 g/mol. The first-order chi connectivity index (χ1) is 3.85. The summed E-state index contributed by atoms with van der Waals surface area (Å²) in [4.78, 5) is 20.6. The molecule has 0 unspecified atom stereocenters. The van der Waals surface area contributed by atoms with Crippen LogP contribution < -0.4 is 0 Å². The van der Waals surface area contributed by atoms with Crippen LogP contribution in [0.2, 0.25) is 0 Å². The van der Waals surface area contributed by atoms with Gasteiger partial charge in [-0.1, -0.05) is 20.8 Å². The van der Waals surface area contributed by atoms with Gasteiger partial charge in [0.1, 0.15) is 0 Å². The fourth-order valence-corrected chi connectivity index (χ4v) is 0.321. The maximum atomic E-state index is 10.6. The molecule has 0 aliphatic carbocycles. The van der Waals surface area contributed by atoms with Gasteiger partial charge in [0.05, 0.1) is 0 Å². The van der Waals surface area contributed by atoms with Gasteiger partial charge in [0, 0.05) is 5.41 Å². The number of ketones is 1. The zero-order valence-electron chi connectivity index (χ0n) is 5.76. The van der Waals surface area contributed by atoms with Gasteiger partial charge in [-0.25, -0.2) is 4.79 Å². The molecule has 1 N–H and O–H groups in total. The molecule has 0 aromatic rings. The van der Waals surface area contributed by atoms with Crippen LogP contribution in [0.25, 0.3) is 0 Å². The third kappa shape index (κ3) is 4.04. The van der Waals surface area contributed by atoms with Crippen molar-refractivity contribution in [3.05, 3.63) is 0 Å². The summed E-state index contributed by atoms with van der Waals surface area (Å²) in [7, 11) is 0. The molecule has 0 heterocycles. The molecule has 0 bridgehead atoms. The second kappa shape index (κ2) is 4.11. The van der Waals surface area contributed by atoms with Gasteiger partial charge in [-0.2, -0.15) is 0 Å². The number of aliphatic carboxylic acids is 1. The van der Waals surface area contributed by atoms with Crippen molar-refractivity contribution in [2.24, 2.45) is 5.41 Å². The van der Waals surface area contributed by atoms with Gasteiger partial charge in [-0.3, -0.25) is 4.79 Å². The van der Waals surface area contributed by atoms with E-state index in [9.17, 15) is 9.59 Å². The molecule has 3 nitrogen and oxygen atoms in total. The number of hydrogen-bond donors (Lipinski definition) is 1. The number of carboxylic acid groups (broad SMARTS) is 1. The SMILES string of the molecule is CC(C)(C)C(=O)C(=O)O.[NaH]. The van der Waals surface area contributed by atoms with E-state index in [1.165, 1.54) is 0 Å². The first-order valence-corrected chi connectivity index (χ1v) is 2.63. The Morgan fingerprint density at radius 2 is 1.50 bits per heavy atom. The Kier molecular flexibility index (Phi) is 5.25. The zero-order chi connectivity index (χ0) is 7.65. The van der Waals surface area contributed by atoms with Gasteiger partial charge in [0.2, 0.25) is 5.78 Å². The van der Waals surface area contributed by atoms with E-state index in [1.807, 2.05) is 0 Å². The maximum absolute atomic E-state index is 10.6. The van der Waals surface area contributed by atoms with E-state index in [4.69, 9.17) is 5.11 Å². The number of rotatable bonds is 1. The number of carboxylic acids is 1. The Morgan fingerprint density at radius 1 is 1.20 bits per heavy atom. The summed E-state index contributed by atoms with van der Waals surface area (Å²) in [5, 5.41) is 8.17. The molecule has 0 atom stereocenters. The fraction of sp³-hybridized carbons (Fsp3) is 0.667. The number of hydrogen-bond acceptors (Lipinski definition) is 2. The average Bonchev–Trinajstić information content (AvgIpc) is 1.62. The Balaban J connectivity index is 0. The first-order valence-electron chi connectivity index (χ1n) is 2.63. The van der Waals surface area contributed by atoms with Crippen molar-refractivity contribution < 1.29 is 14.7 Å². The van der Waals surface area contributed by atoms with Crippen LogP contribution in [0, 0.1) is 5.41 Å². The van der Waals surface area contributed by atoms with E-state index < -0.39 is 17.2 Å². The molecule has 54 valence electrons. The van der Waals surface area contributed by atoms with Gasteiger partial charge in [-0.15, -0.1) is 0 Å². The Hall–Kier alpha value is 0.140. The van der Waals surface area contributed by atoms with E-state index in [-0.39, 0.29) is 29.6 Å². The van der Waals surface area contributed by atoms with Crippen LogP contribution in [-0.2, 0) is 9.59 Å². The molecule has 0 aromatic carbocycles. The van der Waals surface area contributed by atoms with Crippen LogP contribution in [0.1, 0.15) is 20.8 Å². The summed E-state index contributed by atoms with van der Waals surface area (Å²) in [6.07, 6.45) is 0. The molecule has 0 saturated heterocycles. The molecular weight excluding hydrogens is 143 g/mol. The molecule has 0 saturated carbocycles. The standard InChI is InChI=1S/C6H10O3.Na.H/c1-6(2,3)4(7)5(8)9;;/h1-3H3,(H,8,9);;. The second-order valence-corrected chi connectivity index (χ2v) is 2.88. The summed E-state index contributed by atoms with van der Waals surface area (Å²) in [5.74, 6) is -2.11. The van der Waals surface area contributed by atoms with Crippen molar-refractivity contribution in [3.63, 3.8) is 0 Å². The minimum absolute atomic E-state index is 0. The monoisotopic (exact) mass is 154 g/mol. The van der Waals surface area contributed by atoms with Gasteiger partial charge in [0.25, 0.3) is 0 Å². The normalized spacial score (nSPS) is 9.90. The predicted molar refractivity (Wildman–Crippen MR) is 39.2 cm³/mol. The summed E-state index contributed by atoms with van der Waals surface area (Å²) in [6, 6.07) is 0. The third-order valence-corrected chi connectivity index (χ3v) is 0.875. The van der Waals surface area contributed by atoms with Crippen molar-refractivity contribution >= 4 is 41.3 Å². The summed E-state index contributed by atoms with van der Waals surface area (Å²) >= 11 is 0. The predicted octanol–water partition coefficient (Wildman–Crippen LogP) is 0.0377. The van der Waals surface area contributed by atoms with E-state index in [1.54, 1.807) is 20.8 Å². The van der Waals surface area contributed by atoms with E-state index in [0.717, 1.165) is 0 Å². The van der Waals surface area contributed by atoms with Crippen LogP contribution in [0.5, 0.6) is 0 Å². The van der Waals surface area contributed by atoms with Gasteiger partial charge < -0.3 is 5.11 Å². The van der Waals surface area contributed by atoms with Gasteiger partial charge >= 0.3 is 35.5 Å². The molecule has 0 aliphatic rings. The Bertz CT molecular complexity index is 146. The molecule has 4 heteroatoms. The van der Waals surface area contributed by atoms with Crippen LogP contribution in [0.3, 0.4) is 0 Å². The molecule has 10 heavy (non-hydrogen) atoms. The van der Waals surface area contributed by atoms with Crippen molar-refractivity contribution in [2.75, 3.05) is 0 Å². The Morgan fingerprint density at radius 3 is 1.50 bits per heavy atom. The zero-order valence-corrected chi connectivity index (χ0v) is 5.76. The molecule has 0 rings (SSSR count). The minimum atomic E-state index is -1.36. The third-order valence-electron chi connectivity index (χ3n) is 0.875. The molecule has 0 aromatic heterocycles. The van der Waals surface area contributed by atoms with Crippen molar-refractivity contribution in [1.29, 1.82) is 0 Å². The first kappa shape index (κ1) is 12.8. The summed E-state index contributed by atoms with van der Waals surface area (Å²) in [6.45, 7) is 4.72. The summed E-state index contributed by atoms with van der Waals surface area (Å²) in [5.41, 5.74) is -0.758. The van der Waals surface area contributed by atoms with Crippen molar-refractivity contribution in [3.8, 4) is 0 Å². The van der Waals surface area contributed by atoms with Gasteiger partial charge in [0.15, 0.2) is 0 Å². The van der Waals surface area contributed by atoms with E-state index in [2.05, 4.69) is 0 Å². The van der Waals surface area contributed by atoms with Crippen LogP contribution in [-0.4, -0.2) is 46.4 Å². The second-order valence-electron chi connectivity index (χ2n) is 2.88. The van der Waals surface area contributed by atoms with Crippen LogP contribution in [0.4, 0.5) is 0 Å². The topological polar surface area (TPSA) is 54.4 Å². The molecule has 0 spiro atoms. The molecular formula is C6H11NaO3. The number of carbonyl (C=O) groups is 2. The molecule has 0 aliphatic heterocycles. The van der Waals surface area contributed by atoms with E-state index >= 15 is 0 Å². The fourth-order valence-electron chi connectivity index (χ4n) is 0.321. The molecule has 0 amide bonds.